The average molecular weight is 400 g/mol. The van der Waals surface area contributed by atoms with E-state index in [0.29, 0.717) is 19.4 Å². The molecule has 3 amide bonds. The summed E-state index contributed by atoms with van der Waals surface area (Å²) in [7, 11) is 1.31. The van der Waals surface area contributed by atoms with Crippen LogP contribution in [0.25, 0.3) is 0 Å². The minimum Gasteiger partial charge on any atom is -0.443 e. The van der Waals surface area contributed by atoms with Gasteiger partial charge in [0.2, 0.25) is 11.8 Å². The lowest BCUT2D eigenvalue weighted by molar-refractivity contribution is -0.187. The van der Waals surface area contributed by atoms with E-state index in [1.165, 1.54) is 16.9 Å². The Morgan fingerprint density at radius 3 is 2.36 bits per heavy atom. The zero-order chi connectivity index (χ0) is 20.6. The van der Waals surface area contributed by atoms with Crippen molar-refractivity contribution in [2.75, 3.05) is 26.7 Å². The van der Waals surface area contributed by atoms with Gasteiger partial charge in [-0.15, -0.1) is 0 Å². The molecule has 28 heavy (non-hydrogen) atoms. The Morgan fingerprint density at radius 1 is 1.18 bits per heavy atom. The van der Waals surface area contributed by atoms with Crippen LogP contribution in [0.2, 0.25) is 0 Å². The maximum absolute atomic E-state index is 12.6. The van der Waals surface area contributed by atoms with Crippen LogP contribution in [0.4, 0.5) is 4.79 Å². The average Bonchev–Trinajstić information content (AvgIpc) is 2.89. The van der Waals surface area contributed by atoms with Gasteiger partial charge in [-0.05, 0) is 19.8 Å². The van der Waals surface area contributed by atoms with E-state index in [4.69, 9.17) is 9.47 Å². The smallest absolute Gasteiger partial charge is 0.410 e. The van der Waals surface area contributed by atoms with E-state index in [1.54, 1.807) is 6.92 Å². The summed E-state index contributed by atoms with van der Waals surface area (Å²) < 4.78 is 10.3. The molecule has 10 heteroatoms. The van der Waals surface area contributed by atoms with Gasteiger partial charge >= 0.3 is 6.09 Å². The molecule has 1 saturated carbocycles. The first-order valence-corrected chi connectivity index (χ1v) is 9.61. The van der Waals surface area contributed by atoms with Crippen molar-refractivity contribution in [3.63, 3.8) is 0 Å². The van der Waals surface area contributed by atoms with Crippen LogP contribution in [0.3, 0.4) is 0 Å². The number of imide groups is 1. The van der Waals surface area contributed by atoms with Crippen LogP contribution in [-0.2, 0) is 19.1 Å². The van der Waals surface area contributed by atoms with Crippen LogP contribution in [0.5, 0.6) is 0 Å². The maximum Gasteiger partial charge on any atom is 0.410 e. The Hall–Kier alpha value is -1.75. The lowest BCUT2D eigenvalue weighted by Crippen LogP contribution is -2.58. The molecule has 3 fully saturated rings. The number of methoxy groups -OCH3 is 1. The Bertz CT molecular complexity index is 633. The summed E-state index contributed by atoms with van der Waals surface area (Å²) in [4.78, 5) is 39.8. The highest BCUT2D eigenvalue weighted by atomic mass is 16.6. The number of carbonyl (C=O) groups is 3. The van der Waals surface area contributed by atoms with E-state index < -0.39 is 42.0 Å². The van der Waals surface area contributed by atoms with Crippen molar-refractivity contribution in [3.05, 3.63) is 0 Å². The Kier molecular flexibility index (Phi) is 5.95. The first-order chi connectivity index (χ1) is 13.2. The van der Waals surface area contributed by atoms with E-state index in [1.807, 2.05) is 0 Å². The van der Waals surface area contributed by atoms with Gasteiger partial charge in [0.1, 0.15) is 24.4 Å². The Morgan fingerprint density at radius 2 is 1.82 bits per heavy atom. The monoisotopic (exact) mass is 400 g/mol. The van der Waals surface area contributed by atoms with Crippen LogP contribution < -0.4 is 0 Å². The van der Waals surface area contributed by atoms with Crippen LogP contribution in [0.15, 0.2) is 0 Å². The van der Waals surface area contributed by atoms with Gasteiger partial charge in [0.25, 0.3) is 0 Å². The molecule has 2 saturated heterocycles. The zero-order valence-corrected chi connectivity index (χ0v) is 16.1. The molecule has 0 bridgehead atoms. The summed E-state index contributed by atoms with van der Waals surface area (Å²) in [6.45, 7) is 2.61. The molecule has 0 aromatic carbocycles. The Balaban J connectivity index is 1.58. The van der Waals surface area contributed by atoms with Gasteiger partial charge in [-0.1, -0.05) is 0 Å². The Labute approximate surface area is 163 Å². The molecule has 3 N–H and O–H groups in total. The lowest BCUT2D eigenvalue weighted by atomic mass is 9.77. The third kappa shape index (κ3) is 3.49. The molecule has 0 radical (unpaired) electrons. The number of likely N-dealkylation sites (tertiary alicyclic amines) is 2. The van der Waals surface area contributed by atoms with Crippen molar-refractivity contribution < 1.29 is 39.2 Å². The second-order valence-corrected chi connectivity index (χ2v) is 7.79. The highest BCUT2D eigenvalue weighted by Gasteiger charge is 2.53. The third-order valence-electron chi connectivity index (χ3n) is 6.23. The lowest BCUT2D eigenvalue weighted by Gasteiger charge is -2.41. The van der Waals surface area contributed by atoms with E-state index >= 15 is 0 Å². The summed E-state index contributed by atoms with van der Waals surface area (Å²) >= 11 is 0. The molecule has 2 aliphatic heterocycles. The first kappa shape index (κ1) is 21.0. The van der Waals surface area contributed by atoms with Crippen LogP contribution in [0.1, 0.15) is 32.6 Å². The first-order valence-electron chi connectivity index (χ1n) is 9.61. The summed E-state index contributed by atoms with van der Waals surface area (Å²) in [5.41, 5.74) is -0.744. The molecule has 3 aliphatic rings. The molecule has 0 aromatic heterocycles. The fraction of sp³-hybridized carbons (Fsp3) is 0.833. The summed E-state index contributed by atoms with van der Waals surface area (Å²) in [5, 5.41) is 30.2. The molecular weight excluding hydrogens is 372 g/mol. The van der Waals surface area contributed by atoms with E-state index in [9.17, 15) is 29.7 Å². The highest BCUT2D eigenvalue weighted by Crippen LogP contribution is 2.42. The number of aliphatic hydroxyl groups excluding tert-OH is 3. The molecule has 3 rings (SSSR count). The summed E-state index contributed by atoms with van der Waals surface area (Å²) in [5.74, 6) is -0.350. The molecule has 10 nitrogen and oxygen atoms in total. The minimum absolute atomic E-state index is 0.0568. The van der Waals surface area contributed by atoms with Crippen LogP contribution >= 0.6 is 0 Å². The normalized spacial score (nSPS) is 35.5. The quantitative estimate of drug-likeness (QED) is 0.506. The highest BCUT2D eigenvalue weighted by molar-refractivity contribution is 6.06. The predicted molar refractivity (Wildman–Crippen MR) is 94.0 cm³/mol. The van der Waals surface area contributed by atoms with Gasteiger partial charge in [-0.2, -0.15) is 0 Å². The zero-order valence-electron chi connectivity index (χ0n) is 16.1. The van der Waals surface area contributed by atoms with Gasteiger partial charge in [-0.3, -0.25) is 14.5 Å². The fourth-order valence-electron chi connectivity index (χ4n) is 4.46. The van der Waals surface area contributed by atoms with Crippen molar-refractivity contribution in [2.24, 2.45) is 5.41 Å². The van der Waals surface area contributed by atoms with E-state index in [0.717, 1.165) is 0 Å². The van der Waals surface area contributed by atoms with E-state index in [2.05, 4.69) is 0 Å². The number of carbonyl (C=O) groups excluding carboxylic acids is 3. The van der Waals surface area contributed by atoms with Crippen molar-refractivity contribution in [1.29, 1.82) is 0 Å². The topological polar surface area (TPSA) is 137 Å². The molecule has 2 unspecified atom stereocenters. The number of aliphatic hydroxyl groups is 3. The number of rotatable bonds is 3. The number of hydrogen-bond donors (Lipinski definition) is 3. The number of amides is 3. The molecule has 1 spiro atoms. The second kappa shape index (κ2) is 7.94. The molecular formula is C18H28N2O8. The van der Waals surface area contributed by atoms with Crippen molar-refractivity contribution in [2.45, 2.75) is 63.1 Å². The number of hydrogen-bond acceptors (Lipinski definition) is 8. The van der Waals surface area contributed by atoms with Crippen molar-refractivity contribution in [3.8, 4) is 0 Å². The summed E-state index contributed by atoms with van der Waals surface area (Å²) in [6.07, 6.45) is -5.68. The number of nitrogens with zero attached hydrogens (tertiary/aromatic N) is 2. The van der Waals surface area contributed by atoms with Gasteiger partial charge < -0.3 is 29.7 Å². The van der Waals surface area contributed by atoms with Gasteiger partial charge in [0.05, 0.1) is 11.5 Å². The molecule has 1 aliphatic carbocycles. The molecule has 0 aromatic rings. The van der Waals surface area contributed by atoms with E-state index in [-0.39, 0.29) is 37.7 Å². The maximum atomic E-state index is 12.6. The van der Waals surface area contributed by atoms with Gasteiger partial charge in [0.15, 0.2) is 0 Å². The van der Waals surface area contributed by atoms with Gasteiger partial charge in [-0.25, -0.2) is 4.79 Å². The van der Waals surface area contributed by atoms with Crippen LogP contribution in [-0.4, -0.2) is 100 Å². The number of ether oxygens (including phenoxy) is 2. The fourth-order valence-corrected chi connectivity index (χ4v) is 4.46. The molecule has 158 valence electrons. The third-order valence-corrected chi connectivity index (χ3v) is 6.23. The van der Waals surface area contributed by atoms with Crippen molar-refractivity contribution >= 4 is 17.9 Å². The van der Waals surface area contributed by atoms with Gasteiger partial charge in [0, 0.05) is 39.6 Å². The SMILES string of the molecule is CCN1C(=O)CC2(CCN(C(=O)O[C@@H]3C[C@H](O)[C@H](OC)C(O)C3O)CC2)C1=O. The second-order valence-electron chi connectivity index (χ2n) is 7.79. The number of piperidine rings is 1. The summed E-state index contributed by atoms with van der Waals surface area (Å²) in [6, 6.07) is 0. The molecule has 5 atom stereocenters. The standard InChI is InChI=1S/C18H28N2O8/c1-3-20-12(22)9-18(16(20)25)4-6-19(7-5-18)17(26)28-11-8-10(21)15(27-2)14(24)13(11)23/h10-11,13-15,21,23-24H,3-9H2,1-2H3/t10-,11+,13?,14?,15-/m0/s1. The molecule has 2 heterocycles. The predicted octanol–water partition coefficient (Wildman–Crippen LogP) is -1.15. The van der Waals surface area contributed by atoms with Crippen molar-refractivity contribution in [1.82, 2.24) is 9.80 Å². The minimum atomic E-state index is -1.38. The largest absolute Gasteiger partial charge is 0.443 e. The van der Waals surface area contributed by atoms with Crippen LogP contribution in [0, 0.1) is 5.41 Å².